The standard InChI is InChI=1S/C20H30O/c1-7-11-13-19(15-17(5)9-3)21-20(14-12-8-2)16-18(6)10-4/h3-4,15-16,19-20H,7-8,11-14H2,1-2,5-6H3. The van der Waals surface area contributed by atoms with Gasteiger partial charge in [0.15, 0.2) is 0 Å². The quantitative estimate of drug-likeness (QED) is 0.496. The molecule has 0 aromatic rings. The second-order valence-electron chi connectivity index (χ2n) is 5.49. The Morgan fingerprint density at radius 1 is 0.905 bits per heavy atom. The lowest BCUT2D eigenvalue weighted by molar-refractivity contribution is 0.0295. The fraction of sp³-hybridized carbons (Fsp3) is 0.600. The molecule has 0 bridgehead atoms. The van der Waals surface area contributed by atoms with Crippen molar-refractivity contribution in [1.82, 2.24) is 0 Å². The minimum absolute atomic E-state index is 0.0738. The maximum atomic E-state index is 6.26. The molecular formula is C20H30O. The number of unbranched alkanes of at least 4 members (excludes halogenated alkanes) is 2. The number of hydrogen-bond acceptors (Lipinski definition) is 1. The van der Waals surface area contributed by atoms with Gasteiger partial charge in [-0.1, -0.05) is 51.4 Å². The molecule has 0 radical (unpaired) electrons. The smallest absolute Gasteiger partial charge is 0.0775 e. The summed E-state index contributed by atoms with van der Waals surface area (Å²) in [5, 5.41) is 0. The van der Waals surface area contributed by atoms with E-state index in [1.807, 2.05) is 13.8 Å². The third-order valence-corrected chi connectivity index (χ3v) is 3.36. The summed E-state index contributed by atoms with van der Waals surface area (Å²) in [7, 11) is 0. The molecule has 0 fully saturated rings. The number of ether oxygens (including phenoxy) is 1. The van der Waals surface area contributed by atoms with Gasteiger partial charge >= 0.3 is 0 Å². The maximum absolute atomic E-state index is 6.26. The molecule has 2 atom stereocenters. The Morgan fingerprint density at radius 2 is 1.29 bits per heavy atom. The van der Waals surface area contributed by atoms with Crippen molar-refractivity contribution in [2.45, 2.75) is 78.4 Å². The molecule has 0 heterocycles. The van der Waals surface area contributed by atoms with Crippen molar-refractivity contribution in [2.75, 3.05) is 0 Å². The number of rotatable bonds is 10. The molecule has 0 saturated carbocycles. The van der Waals surface area contributed by atoms with E-state index in [1.165, 1.54) is 0 Å². The molecule has 0 aromatic carbocycles. The van der Waals surface area contributed by atoms with Gasteiger partial charge in [0, 0.05) is 0 Å². The van der Waals surface area contributed by atoms with Crippen LogP contribution in [0.25, 0.3) is 0 Å². The van der Waals surface area contributed by atoms with E-state index in [0.29, 0.717) is 0 Å². The molecule has 0 saturated heterocycles. The first-order valence-corrected chi connectivity index (χ1v) is 8.02. The maximum Gasteiger partial charge on any atom is 0.0775 e. The highest BCUT2D eigenvalue weighted by atomic mass is 16.5. The summed E-state index contributed by atoms with van der Waals surface area (Å²) in [6, 6.07) is 0. The van der Waals surface area contributed by atoms with E-state index in [-0.39, 0.29) is 12.2 Å². The predicted molar refractivity (Wildman–Crippen MR) is 92.9 cm³/mol. The summed E-state index contributed by atoms with van der Waals surface area (Å²) in [6.07, 6.45) is 21.8. The van der Waals surface area contributed by atoms with Gasteiger partial charge in [0.2, 0.25) is 0 Å². The Hall–Kier alpha value is -1.44. The highest BCUT2D eigenvalue weighted by Gasteiger charge is 2.13. The molecule has 0 aliphatic carbocycles. The zero-order valence-corrected chi connectivity index (χ0v) is 14.1. The molecule has 0 aromatic heterocycles. The van der Waals surface area contributed by atoms with E-state index < -0.39 is 0 Å². The van der Waals surface area contributed by atoms with E-state index in [1.54, 1.807) is 0 Å². The van der Waals surface area contributed by atoms with Crippen molar-refractivity contribution in [3.05, 3.63) is 23.3 Å². The van der Waals surface area contributed by atoms with Gasteiger partial charge in [0.05, 0.1) is 12.2 Å². The Morgan fingerprint density at radius 3 is 1.57 bits per heavy atom. The molecule has 1 nitrogen and oxygen atoms in total. The van der Waals surface area contributed by atoms with Crippen LogP contribution in [0.2, 0.25) is 0 Å². The van der Waals surface area contributed by atoms with Gasteiger partial charge in [0.25, 0.3) is 0 Å². The summed E-state index contributed by atoms with van der Waals surface area (Å²) < 4.78 is 6.26. The number of allylic oxidation sites excluding steroid dienone is 2. The van der Waals surface area contributed by atoms with E-state index in [0.717, 1.165) is 49.7 Å². The lowest BCUT2D eigenvalue weighted by Gasteiger charge is -2.21. The van der Waals surface area contributed by atoms with E-state index >= 15 is 0 Å². The topological polar surface area (TPSA) is 9.23 Å². The van der Waals surface area contributed by atoms with Gasteiger partial charge in [0.1, 0.15) is 0 Å². The molecule has 116 valence electrons. The van der Waals surface area contributed by atoms with Crippen molar-refractivity contribution in [1.29, 1.82) is 0 Å². The summed E-state index contributed by atoms with van der Waals surface area (Å²) in [6.45, 7) is 8.27. The lowest BCUT2D eigenvalue weighted by atomic mass is 10.1. The van der Waals surface area contributed by atoms with Crippen molar-refractivity contribution in [3.8, 4) is 24.7 Å². The summed E-state index contributed by atoms with van der Waals surface area (Å²) in [4.78, 5) is 0. The van der Waals surface area contributed by atoms with Crippen LogP contribution in [0.1, 0.15) is 66.2 Å². The molecule has 21 heavy (non-hydrogen) atoms. The predicted octanol–water partition coefficient (Wildman–Crippen LogP) is 5.28. The van der Waals surface area contributed by atoms with E-state index in [4.69, 9.17) is 17.6 Å². The van der Waals surface area contributed by atoms with Crippen LogP contribution in [0.5, 0.6) is 0 Å². The fourth-order valence-corrected chi connectivity index (χ4v) is 2.07. The molecule has 0 spiro atoms. The van der Waals surface area contributed by atoms with Crippen LogP contribution < -0.4 is 0 Å². The highest BCUT2D eigenvalue weighted by Crippen LogP contribution is 2.17. The summed E-state index contributed by atoms with van der Waals surface area (Å²) in [5.41, 5.74) is 1.87. The Bertz CT molecular complexity index is 374. The van der Waals surface area contributed by atoms with Gasteiger partial charge in [-0.15, -0.1) is 12.8 Å². The lowest BCUT2D eigenvalue weighted by Crippen LogP contribution is -2.20. The van der Waals surface area contributed by atoms with Crippen LogP contribution in [0.15, 0.2) is 23.3 Å². The van der Waals surface area contributed by atoms with Crippen LogP contribution in [0, 0.1) is 24.7 Å². The SMILES string of the molecule is C#CC(C)=CC(CCCC)OC(C=C(C)C#C)CCCC. The monoisotopic (exact) mass is 286 g/mol. The molecular weight excluding hydrogens is 256 g/mol. The van der Waals surface area contributed by atoms with Gasteiger partial charge < -0.3 is 4.74 Å². The minimum atomic E-state index is 0.0738. The molecule has 2 unspecified atom stereocenters. The van der Waals surface area contributed by atoms with Crippen molar-refractivity contribution in [2.24, 2.45) is 0 Å². The molecule has 0 aliphatic rings. The molecule has 0 aliphatic heterocycles. The second kappa shape index (κ2) is 12.3. The fourth-order valence-electron chi connectivity index (χ4n) is 2.07. The van der Waals surface area contributed by atoms with Gasteiger partial charge in [-0.25, -0.2) is 0 Å². The first-order valence-electron chi connectivity index (χ1n) is 8.02. The number of terminal acetylenes is 2. The Balaban J connectivity index is 4.93. The summed E-state index contributed by atoms with van der Waals surface area (Å²) >= 11 is 0. The normalized spacial score (nSPS) is 15.1. The first kappa shape index (κ1) is 19.6. The van der Waals surface area contributed by atoms with Crippen LogP contribution in [-0.2, 0) is 4.74 Å². The van der Waals surface area contributed by atoms with Gasteiger partial charge in [-0.2, -0.15) is 0 Å². The minimum Gasteiger partial charge on any atom is -0.367 e. The van der Waals surface area contributed by atoms with Crippen LogP contribution in [-0.4, -0.2) is 12.2 Å². The average Bonchev–Trinajstić information content (AvgIpc) is 2.49. The van der Waals surface area contributed by atoms with E-state index in [2.05, 4.69) is 37.8 Å². The zero-order chi connectivity index (χ0) is 16.1. The summed E-state index contributed by atoms with van der Waals surface area (Å²) in [5.74, 6) is 5.35. The Kier molecular flexibility index (Phi) is 11.5. The van der Waals surface area contributed by atoms with E-state index in [9.17, 15) is 0 Å². The molecule has 0 N–H and O–H groups in total. The van der Waals surface area contributed by atoms with Crippen LogP contribution >= 0.6 is 0 Å². The number of hydrogen-bond donors (Lipinski definition) is 0. The largest absolute Gasteiger partial charge is 0.367 e. The zero-order valence-electron chi connectivity index (χ0n) is 14.1. The first-order chi connectivity index (χ1) is 10.1. The van der Waals surface area contributed by atoms with Crippen LogP contribution in [0.3, 0.4) is 0 Å². The van der Waals surface area contributed by atoms with Crippen molar-refractivity contribution in [3.63, 3.8) is 0 Å². The molecule has 0 amide bonds. The average molecular weight is 286 g/mol. The second-order valence-corrected chi connectivity index (χ2v) is 5.49. The van der Waals surface area contributed by atoms with Gasteiger partial charge in [-0.3, -0.25) is 0 Å². The third kappa shape index (κ3) is 10.0. The van der Waals surface area contributed by atoms with Crippen molar-refractivity contribution >= 4 is 0 Å². The van der Waals surface area contributed by atoms with Crippen LogP contribution in [0.4, 0.5) is 0 Å². The van der Waals surface area contributed by atoms with Crippen molar-refractivity contribution < 1.29 is 4.74 Å². The molecule has 1 heteroatoms. The third-order valence-electron chi connectivity index (χ3n) is 3.36. The Labute approximate surface area is 131 Å². The highest BCUT2D eigenvalue weighted by molar-refractivity contribution is 5.25. The molecule has 0 rings (SSSR count). The van der Waals surface area contributed by atoms with Gasteiger partial charge in [-0.05, 0) is 50.0 Å².